The van der Waals surface area contributed by atoms with Crippen molar-refractivity contribution in [3.8, 4) is 5.75 Å². The molecule has 0 spiro atoms. The van der Waals surface area contributed by atoms with Gasteiger partial charge in [-0.3, -0.25) is 0 Å². The molecule has 7 heteroatoms. The van der Waals surface area contributed by atoms with Crippen molar-refractivity contribution in [2.75, 3.05) is 5.32 Å². The van der Waals surface area contributed by atoms with Gasteiger partial charge in [0.1, 0.15) is 24.2 Å². The van der Waals surface area contributed by atoms with Gasteiger partial charge in [-0.25, -0.2) is 4.68 Å². The van der Waals surface area contributed by atoms with Crippen LogP contribution in [0.25, 0.3) is 5.70 Å². The lowest BCUT2D eigenvalue weighted by atomic mass is 9.87. The molecule has 2 aromatic heterocycles. The molecule has 1 N–H and O–H groups in total. The van der Waals surface area contributed by atoms with E-state index in [0.29, 0.717) is 0 Å². The molecular formula is C22H15BrN4OS. The van der Waals surface area contributed by atoms with Crippen LogP contribution in [-0.2, 0) is 0 Å². The number of para-hydroxylation sites is 1. The number of nitrogens with one attached hydrogen (secondary N) is 1. The van der Waals surface area contributed by atoms with E-state index in [9.17, 15) is 0 Å². The Morgan fingerprint density at radius 1 is 1.07 bits per heavy atom. The summed E-state index contributed by atoms with van der Waals surface area (Å²) in [6, 6.07) is 20.6. The molecule has 5 nitrogen and oxygen atoms in total. The van der Waals surface area contributed by atoms with Gasteiger partial charge in [0.15, 0.2) is 0 Å². The van der Waals surface area contributed by atoms with Gasteiger partial charge in [0, 0.05) is 20.5 Å². The Bertz CT molecular complexity index is 1250. The fraction of sp³-hybridized carbons (Fsp3) is 0.0909. The first-order valence-corrected chi connectivity index (χ1v) is 10.9. The van der Waals surface area contributed by atoms with Gasteiger partial charge in [0.2, 0.25) is 5.95 Å². The first-order chi connectivity index (χ1) is 14.3. The first kappa shape index (κ1) is 17.0. The van der Waals surface area contributed by atoms with E-state index in [1.165, 1.54) is 4.88 Å². The van der Waals surface area contributed by atoms with Crippen LogP contribution in [0.4, 0.5) is 5.95 Å². The fourth-order valence-electron chi connectivity index (χ4n) is 4.08. The summed E-state index contributed by atoms with van der Waals surface area (Å²) in [5.74, 6) is 1.61. The highest BCUT2D eigenvalue weighted by Crippen LogP contribution is 2.51. The normalized spacial score (nSPS) is 19.6. The molecule has 2 aliphatic rings. The van der Waals surface area contributed by atoms with Crippen LogP contribution < -0.4 is 10.1 Å². The van der Waals surface area contributed by atoms with Gasteiger partial charge in [-0.2, -0.15) is 10.1 Å². The molecule has 29 heavy (non-hydrogen) atoms. The van der Waals surface area contributed by atoms with E-state index in [4.69, 9.17) is 4.74 Å². The SMILES string of the molecule is Brc1cccc([C@H]2Oc3ccccc3C3=C2[C@H](c2cccs2)n2ncnc2N3)c1. The topological polar surface area (TPSA) is 52.0 Å². The van der Waals surface area contributed by atoms with Crippen molar-refractivity contribution >= 4 is 38.9 Å². The van der Waals surface area contributed by atoms with Crippen LogP contribution in [-0.4, -0.2) is 14.8 Å². The monoisotopic (exact) mass is 462 g/mol. The number of ether oxygens (including phenoxy) is 1. The Kier molecular flexibility index (Phi) is 3.85. The third-order valence-electron chi connectivity index (χ3n) is 5.29. The average molecular weight is 463 g/mol. The number of thiophene rings is 1. The van der Waals surface area contributed by atoms with Gasteiger partial charge in [-0.1, -0.05) is 46.3 Å². The molecule has 4 heterocycles. The minimum atomic E-state index is -0.241. The summed E-state index contributed by atoms with van der Waals surface area (Å²) in [4.78, 5) is 5.66. The van der Waals surface area contributed by atoms with Crippen molar-refractivity contribution < 1.29 is 4.74 Å². The summed E-state index contributed by atoms with van der Waals surface area (Å²) < 4.78 is 9.56. The van der Waals surface area contributed by atoms with Crippen LogP contribution in [0.2, 0.25) is 0 Å². The number of hydrogen-bond acceptors (Lipinski definition) is 5. The predicted molar refractivity (Wildman–Crippen MR) is 117 cm³/mol. The van der Waals surface area contributed by atoms with Crippen molar-refractivity contribution in [1.82, 2.24) is 14.8 Å². The second kappa shape index (κ2) is 6.57. The van der Waals surface area contributed by atoms with Crippen LogP contribution in [0.5, 0.6) is 5.75 Å². The van der Waals surface area contributed by atoms with E-state index >= 15 is 0 Å². The Labute approximate surface area is 179 Å². The smallest absolute Gasteiger partial charge is 0.226 e. The summed E-state index contributed by atoms with van der Waals surface area (Å²) in [6.45, 7) is 0. The Hall–Kier alpha value is -2.90. The highest BCUT2D eigenvalue weighted by atomic mass is 79.9. The summed E-state index contributed by atoms with van der Waals surface area (Å²) in [5.41, 5.74) is 4.33. The second-order valence-corrected chi connectivity index (χ2v) is 8.85. The molecule has 0 unspecified atom stereocenters. The third-order valence-corrected chi connectivity index (χ3v) is 6.70. The number of nitrogens with zero attached hydrogens (tertiary/aromatic N) is 3. The largest absolute Gasteiger partial charge is 0.480 e. The molecule has 2 aromatic carbocycles. The molecular weight excluding hydrogens is 448 g/mol. The summed E-state index contributed by atoms with van der Waals surface area (Å²) in [5, 5.41) is 10.2. The fourth-order valence-corrected chi connectivity index (χ4v) is 5.33. The third kappa shape index (κ3) is 2.65. The molecule has 0 radical (unpaired) electrons. The minimum absolute atomic E-state index is 0.0823. The molecule has 0 fully saturated rings. The van der Waals surface area contributed by atoms with Gasteiger partial charge in [0.05, 0.1) is 5.70 Å². The van der Waals surface area contributed by atoms with E-state index in [1.807, 2.05) is 35.0 Å². The quantitative estimate of drug-likeness (QED) is 0.417. The lowest BCUT2D eigenvalue weighted by molar-refractivity contribution is 0.223. The number of anilines is 1. The van der Waals surface area contributed by atoms with Crippen molar-refractivity contribution in [2.24, 2.45) is 0 Å². The minimum Gasteiger partial charge on any atom is -0.480 e. The van der Waals surface area contributed by atoms with Crippen molar-refractivity contribution in [2.45, 2.75) is 12.1 Å². The maximum absolute atomic E-state index is 6.59. The number of benzene rings is 2. The number of rotatable bonds is 2. The highest BCUT2D eigenvalue weighted by Gasteiger charge is 2.41. The Morgan fingerprint density at radius 3 is 2.86 bits per heavy atom. The number of hydrogen-bond donors (Lipinski definition) is 1. The van der Waals surface area contributed by atoms with E-state index in [0.717, 1.165) is 38.6 Å². The van der Waals surface area contributed by atoms with E-state index in [2.05, 4.69) is 67.0 Å². The predicted octanol–water partition coefficient (Wildman–Crippen LogP) is 5.66. The molecule has 0 saturated heterocycles. The maximum atomic E-state index is 6.59. The summed E-state index contributed by atoms with van der Waals surface area (Å²) >= 11 is 5.33. The van der Waals surface area contributed by atoms with Gasteiger partial charge < -0.3 is 10.1 Å². The first-order valence-electron chi connectivity index (χ1n) is 9.25. The van der Waals surface area contributed by atoms with Crippen molar-refractivity contribution in [1.29, 1.82) is 0 Å². The van der Waals surface area contributed by atoms with Crippen molar-refractivity contribution in [3.63, 3.8) is 0 Å². The Balaban J connectivity index is 1.64. The van der Waals surface area contributed by atoms with Crippen LogP contribution >= 0.6 is 27.3 Å². The highest BCUT2D eigenvalue weighted by molar-refractivity contribution is 9.10. The second-order valence-electron chi connectivity index (χ2n) is 6.95. The molecule has 2 aliphatic heterocycles. The zero-order chi connectivity index (χ0) is 19.4. The van der Waals surface area contributed by atoms with Gasteiger partial charge in [0.25, 0.3) is 0 Å². The summed E-state index contributed by atoms with van der Waals surface area (Å²) in [7, 11) is 0. The molecule has 0 bridgehead atoms. The van der Waals surface area contributed by atoms with Gasteiger partial charge in [-0.15, -0.1) is 11.3 Å². The van der Waals surface area contributed by atoms with E-state index in [1.54, 1.807) is 17.7 Å². The zero-order valence-electron chi connectivity index (χ0n) is 15.1. The Morgan fingerprint density at radius 2 is 2.00 bits per heavy atom. The van der Waals surface area contributed by atoms with E-state index in [-0.39, 0.29) is 12.1 Å². The summed E-state index contributed by atoms with van der Waals surface area (Å²) in [6.07, 6.45) is 1.36. The molecule has 0 aliphatic carbocycles. The number of fused-ring (bicyclic) bond motifs is 3. The molecule has 0 amide bonds. The van der Waals surface area contributed by atoms with Crippen LogP contribution in [0.3, 0.4) is 0 Å². The van der Waals surface area contributed by atoms with Crippen LogP contribution in [0, 0.1) is 0 Å². The maximum Gasteiger partial charge on any atom is 0.226 e. The van der Waals surface area contributed by atoms with Crippen LogP contribution in [0.15, 0.2) is 82.4 Å². The number of halogens is 1. The van der Waals surface area contributed by atoms with Crippen LogP contribution in [0.1, 0.15) is 28.1 Å². The molecule has 4 aromatic rings. The number of aromatic nitrogens is 3. The van der Waals surface area contributed by atoms with Gasteiger partial charge >= 0.3 is 0 Å². The molecule has 142 valence electrons. The van der Waals surface area contributed by atoms with E-state index < -0.39 is 0 Å². The molecule has 0 saturated carbocycles. The lowest BCUT2D eigenvalue weighted by Gasteiger charge is -2.38. The zero-order valence-corrected chi connectivity index (χ0v) is 17.5. The van der Waals surface area contributed by atoms with Crippen molar-refractivity contribution in [3.05, 3.63) is 98.4 Å². The standard InChI is InChI=1S/C22H15BrN4OS/c23-14-6-3-5-13(11-14)21-18-19(15-7-1-2-8-16(15)28-21)26-22-24-12-25-27(22)20(18)17-9-4-10-29-17/h1-12,20-21H,(H,24,25,26)/t20-,21+/m0/s1. The average Bonchev–Trinajstić information content (AvgIpc) is 3.43. The molecule has 6 rings (SSSR count). The lowest BCUT2D eigenvalue weighted by Crippen LogP contribution is -2.32. The molecule has 2 atom stereocenters. The van der Waals surface area contributed by atoms with Gasteiger partial charge in [-0.05, 0) is 41.3 Å².